The Labute approximate surface area is 174 Å². The van der Waals surface area contributed by atoms with Crippen LogP contribution in [0.15, 0.2) is 36.4 Å². The lowest BCUT2D eigenvalue weighted by Gasteiger charge is -2.35. The maximum atomic E-state index is 12.7. The molecule has 0 radical (unpaired) electrons. The number of benzene rings is 1. The summed E-state index contributed by atoms with van der Waals surface area (Å²) >= 11 is 6.17. The van der Waals surface area contributed by atoms with Crippen molar-refractivity contribution in [3.63, 3.8) is 0 Å². The largest absolute Gasteiger partial charge is 0.352 e. The average molecular weight is 411 g/mol. The van der Waals surface area contributed by atoms with Crippen molar-refractivity contribution in [1.82, 2.24) is 24.9 Å². The predicted molar refractivity (Wildman–Crippen MR) is 113 cm³/mol. The number of halogens is 1. The van der Waals surface area contributed by atoms with E-state index in [1.165, 1.54) is 0 Å². The molecule has 7 nitrogen and oxygen atoms in total. The van der Waals surface area contributed by atoms with Crippen LogP contribution in [0.3, 0.4) is 0 Å². The highest BCUT2D eigenvalue weighted by atomic mass is 35.5. The Bertz CT molecular complexity index is 1040. The van der Waals surface area contributed by atoms with E-state index in [2.05, 4.69) is 27.1 Å². The van der Waals surface area contributed by atoms with Crippen molar-refractivity contribution >= 4 is 23.3 Å². The molecular formula is C21H23ClN6O. The molecule has 29 heavy (non-hydrogen) atoms. The fraction of sp³-hybridized carbons (Fsp3) is 0.333. The molecule has 0 unspecified atom stereocenters. The Morgan fingerprint density at radius 2 is 1.59 bits per heavy atom. The topological polar surface area (TPSA) is 67.2 Å². The number of carbonyl (C=O) groups is 1. The Morgan fingerprint density at radius 1 is 0.931 bits per heavy atom. The molecule has 0 bridgehead atoms. The molecule has 0 spiro atoms. The third-order valence-corrected chi connectivity index (χ3v) is 5.83. The van der Waals surface area contributed by atoms with E-state index in [-0.39, 0.29) is 5.91 Å². The molecule has 3 heterocycles. The molecular weight excluding hydrogens is 388 g/mol. The number of nitrogens with zero attached hydrogens (tertiary/aromatic N) is 6. The first kappa shape index (κ1) is 19.4. The molecule has 0 atom stereocenters. The molecule has 2 aromatic heterocycles. The zero-order chi connectivity index (χ0) is 20.5. The van der Waals surface area contributed by atoms with E-state index in [4.69, 9.17) is 11.6 Å². The number of amides is 1. The van der Waals surface area contributed by atoms with Crippen LogP contribution in [0.5, 0.6) is 0 Å². The van der Waals surface area contributed by atoms with Crippen molar-refractivity contribution in [1.29, 1.82) is 0 Å². The highest BCUT2D eigenvalue weighted by Gasteiger charge is 2.24. The van der Waals surface area contributed by atoms with Gasteiger partial charge in [-0.05, 0) is 50.6 Å². The third-order valence-electron chi connectivity index (χ3n) is 5.50. The van der Waals surface area contributed by atoms with Crippen molar-refractivity contribution in [3.05, 3.63) is 63.9 Å². The van der Waals surface area contributed by atoms with Gasteiger partial charge < -0.3 is 9.80 Å². The number of hydrogen-bond acceptors (Lipinski definition) is 5. The van der Waals surface area contributed by atoms with E-state index in [0.29, 0.717) is 42.6 Å². The monoisotopic (exact) mass is 410 g/mol. The van der Waals surface area contributed by atoms with Crippen molar-refractivity contribution in [2.75, 3.05) is 31.1 Å². The lowest BCUT2D eigenvalue weighted by molar-refractivity contribution is 0.0746. The second-order valence-electron chi connectivity index (χ2n) is 7.22. The number of rotatable bonds is 3. The first-order valence-corrected chi connectivity index (χ1v) is 9.99. The summed E-state index contributed by atoms with van der Waals surface area (Å²) in [4.78, 5) is 16.7. The first-order chi connectivity index (χ1) is 14.0. The minimum atomic E-state index is -0.0309. The quantitative estimate of drug-likeness (QED) is 0.663. The van der Waals surface area contributed by atoms with Gasteiger partial charge in [-0.3, -0.25) is 4.79 Å². The summed E-state index contributed by atoms with van der Waals surface area (Å²) in [6, 6.07) is 11.1. The summed E-state index contributed by atoms with van der Waals surface area (Å²) in [6.07, 6.45) is 0. The summed E-state index contributed by atoms with van der Waals surface area (Å²) in [6.45, 7) is 8.70. The highest BCUT2D eigenvalue weighted by Crippen LogP contribution is 2.20. The maximum Gasteiger partial charge on any atom is 0.255 e. The van der Waals surface area contributed by atoms with Gasteiger partial charge in [0.25, 0.3) is 5.91 Å². The van der Waals surface area contributed by atoms with Crippen LogP contribution in [-0.2, 0) is 0 Å². The van der Waals surface area contributed by atoms with Crippen molar-refractivity contribution in [3.8, 4) is 5.82 Å². The molecule has 1 saturated heterocycles. The molecule has 3 aromatic rings. The lowest BCUT2D eigenvalue weighted by Crippen LogP contribution is -2.49. The predicted octanol–water partition coefficient (Wildman–Crippen LogP) is 3.20. The standard InChI is InChI=1S/C21H23ClN6O/c1-14-15(2)25-28(16(14)3)20-9-8-19(23-24-20)26-10-12-27(13-11-26)21(29)17-6-4-5-7-18(17)22/h4-9H,10-13H2,1-3H3. The molecule has 1 aliphatic heterocycles. The molecule has 1 fully saturated rings. The minimum Gasteiger partial charge on any atom is -0.352 e. The van der Waals surface area contributed by atoms with E-state index >= 15 is 0 Å². The van der Waals surface area contributed by atoms with Gasteiger partial charge >= 0.3 is 0 Å². The van der Waals surface area contributed by atoms with Gasteiger partial charge in [0, 0.05) is 31.9 Å². The molecule has 150 valence electrons. The van der Waals surface area contributed by atoms with Gasteiger partial charge in [0.2, 0.25) is 0 Å². The summed E-state index contributed by atoms with van der Waals surface area (Å²) in [7, 11) is 0. The van der Waals surface area contributed by atoms with E-state index < -0.39 is 0 Å². The van der Waals surface area contributed by atoms with E-state index in [0.717, 1.165) is 22.8 Å². The molecule has 8 heteroatoms. The normalized spacial score (nSPS) is 14.3. The second-order valence-corrected chi connectivity index (χ2v) is 7.62. The third kappa shape index (κ3) is 3.70. The zero-order valence-corrected chi connectivity index (χ0v) is 17.5. The lowest BCUT2D eigenvalue weighted by atomic mass is 10.2. The summed E-state index contributed by atoms with van der Waals surface area (Å²) in [5.41, 5.74) is 3.77. The molecule has 1 aliphatic rings. The smallest absolute Gasteiger partial charge is 0.255 e. The molecule has 4 rings (SSSR count). The number of aromatic nitrogens is 4. The Hall–Kier alpha value is -2.93. The van der Waals surface area contributed by atoms with Gasteiger partial charge in [-0.1, -0.05) is 23.7 Å². The van der Waals surface area contributed by atoms with Crippen LogP contribution in [0.2, 0.25) is 5.02 Å². The van der Waals surface area contributed by atoms with E-state index in [9.17, 15) is 4.79 Å². The molecule has 1 amide bonds. The van der Waals surface area contributed by atoms with E-state index in [1.807, 2.05) is 47.7 Å². The number of piperazine rings is 1. The van der Waals surface area contributed by atoms with Crippen LogP contribution in [0, 0.1) is 20.8 Å². The van der Waals surface area contributed by atoms with Crippen LogP contribution in [0.4, 0.5) is 5.82 Å². The van der Waals surface area contributed by atoms with Crippen LogP contribution in [0.25, 0.3) is 5.82 Å². The Kier molecular flexibility index (Phi) is 5.24. The summed E-state index contributed by atoms with van der Waals surface area (Å²) < 4.78 is 1.82. The minimum absolute atomic E-state index is 0.0309. The van der Waals surface area contributed by atoms with Gasteiger partial charge in [-0.2, -0.15) is 5.10 Å². The van der Waals surface area contributed by atoms with Crippen molar-refractivity contribution in [2.24, 2.45) is 0 Å². The molecule has 0 aliphatic carbocycles. The van der Waals surface area contributed by atoms with Crippen molar-refractivity contribution in [2.45, 2.75) is 20.8 Å². The van der Waals surface area contributed by atoms with Crippen molar-refractivity contribution < 1.29 is 4.79 Å². The second kappa shape index (κ2) is 7.83. The number of aryl methyl sites for hydroxylation is 1. The SMILES string of the molecule is Cc1nn(-c2ccc(N3CCN(C(=O)c4ccccc4Cl)CC3)nn2)c(C)c1C. The van der Waals surface area contributed by atoms with Crippen LogP contribution in [-0.4, -0.2) is 57.0 Å². The molecule has 0 saturated carbocycles. The Balaban J connectivity index is 1.43. The van der Waals surface area contributed by atoms with E-state index in [1.54, 1.807) is 12.1 Å². The van der Waals surface area contributed by atoms with Gasteiger partial charge in [-0.25, -0.2) is 4.68 Å². The Morgan fingerprint density at radius 3 is 2.17 bits per heavy atom. The summed E-state index contributed by atoms with van der Waals surface area (Å²) in [5, 5.41) is 13.8. The fourth-order valence-electron chi connectivity index (χ4n) is 3.49. The number of hydrogen-bond donors (Lipinski definition) is 0. The zero-order valence-electron chi connectivity index (χ0n) is 16.8. The highest BCUT2D eigenvalue weighted by molar-refractivity contribution is 6.33. The van der Waals surface area contributed by atoms with Crippen LogP contribution in [0.1, 0.15) is 27.3 Å². The van der Waals surface area contributed by atoms with Gasteiger partial charge in [0.1, 0.15) is 0 Å². The number of carbonyl (C=O) groups excluding carboxylic acids is 1. The fourth-order valence-corrected chi connectivity index (χ4v) is 3.70. The maximum absolute atomic E-state index is 12.7. The van der Waals surface area contributed by atoms with Crippen LogP contribution < -0.4 is 4.90 Å². The number of anilines is 1. The van der Waals surface area contributed by atoms with Gasteiger partial charge in [0.15, 0.2) is 11.6 Å². The summed E-state index contributed by atoms with van der Waals surface area (Å²) in [5.74, 6) is 1.48. The van der Waals surface area contributed by atoms with Gasteiger partial charge in [-0.15, -0.1) is 10.2 Å². The molecule has 0 N–H and O–H groups in total. The average Bonchev–Trinajstić information content (AvgIpc) is 3.01. The van der Waals surface area contributed by atoms with Crippen LogP contribution >= 0.6 is 11.6 Å². The first-order valence-electron chi connectivity index (χ1n) is 9.61. The van der Waals surface area contributed by atoms with Gasteiger partial charge in [0.05, 0.1) is 16.3 Å². The molecule has 1 aromatic carbocycles.